The normalized spacial score (nSPS) is 15.2. The van der Waals surface area contributed by atoms with Crippen molar-refractivity contribution in [2.24, 2.45) is 0 Å². The minimum Gasteiger partial charge on any atom is -0.368 e. The molecule has 0 aliphatic carbocycles. The molecule has 28 heavy (non-hydrogen) atoms. The number of piperazine rings is 1. The van der Waals surface area contributed by atoms with Crippen LogP contribution in [0, 0.1) is 6.92 Å². The van der Waals surface area contributed by atoms with Crippen molar-refractivity contribution in [3.63, 3.8) is 0 Å². The van der Waals surface area contributed by atoms with Crippen LogP contribution in [-0.2, 0) is 10.0 Å². The number of halogens is 1. The number of benzene rings is 2. The van der Waals surface area contributed by atoms with E-state index in [0.717, 1.165) is 15.6 Å². The van der Waals surface area contributed by atoms with Gasteiger partial charge in [0.15, 0.2) is 0 Å². The smallest absolute Gasteiger partial charge is 0.254 e. The Morgan fingerprint density at radius 3 is 2.36 bits per heavy atom. The molecular formula is C20H24ClN3O3S. The van der Waals surface area contributed by atoms with Gasteiger partial charge in [-0.05, 0) is 42.8 Å². The number of amides is 1. The third-order valence-electron chi connectivity index (χ3n) is 4.94. The van der Waals surface area contributed by atoms with Crippen molar-refractivity contribution < 1.29 is 13.2 Å². The van der Waals surface area contributed by atoms with E-state index in [1.165, 1.54) is 26.2 Å². The number of sulfonamides is 1. The van der Waals surface area contributed by atoms with Crippen LogP contribution in [-0.4, -0.2) is 63.8 Å². The van der Waals surface area contributed by atoms with Gasteiger partial charge in [0.1, 0.15) is 0 Å². The molecule has 1 aliphatic rings. The Morgan fingerprint density at radius 2 is 1.71 bits per heavy atom. The molecule has 3 rings (SSSR count). The van der Waals surface area contributed by atoms with Crippen molar-refractivity contribution in [3.8, 4) is 0 Å². The number of anilines is 1. The van der Waals surface area contributed by atoms with E-state index in [2.05, 4.69) is 4.90 Å². The Labute approximate surface area is 171 Å². The van der Waals surface area contributed by atoms with Gasteiger partial charge in [0, 0.05) is 56.5 Å². The summed E-state index contributed by atoms with van der Waals surface area (Å²) in [5, 5.41) is 0.693. The largest absolute Gasteiger partial charge is 0.368 e. The first-order valence-electron chi connectivity index (χ1n) is 9.03. The predicted molar refractivity (Wildman–Crippen MR) is 112 cm³/mol. The Morgan fingerprint density at radius 1 is 1.04 bits per heavy atom. The fourth-order valence-electron chi connectivity index (χ4n) is 3.26. The third kappa shape index (κ3) is 4.16. The van der Waals surface area contributed by atoms with Gasteiger partial charge in [0.05, 0.1) is 4.90 Å². The lowest BCUT2D eigenvalue weighted by molar-refractivity contribution is 0.0746. The highest BCUT2D eigenvalue weighted by atomic mass is 35.5. The summed E-state index contributed by atoms with van der Waals surface area (Å²) in [6.45, 7) is 4.57. The SMILES string of the molecule is Cc1ccc(Cl)cc1N1CCN(C(=O)c2cccc(S(=O)(=O)N(C)C)c2)CC1. The zero-order valence-corrected chi connectivity index (χ0v) is 17.8. The summed E-state index contributed by atoms with van der Waals surface area (Å²) < 4.78 is 25.8. The molecule has 150 valence electrons. The van der Waals surface area contributed by atoms with E-state index < -0.39 is 10.0 Å². The molecule has 0 saturated carbocycles. The average molecular weight is 422 g/mol. The second kappa shape index (κ2) is 8.11. The number of hydrogen-bond donors (Lipinski definition) is 0. The average Bonchev–Trinajstić information content (AvgIpc) is 2.69. The molecule has 0 aromatic heterocycles. The van der Waals surface area contributed by atoms with Gasteiger partial charge in [-0.25, -0.2) is 12.7 Å². The Kier molecular flexibility index (Phi) is 5.98. The van der Waals surface area contributed by atoms with Gasteiger partial charge in [0.25, 0.3) is 5.91 Å². The maximum atomic E-state index is 12.9. The molecule has 0 atom stereocenters. The molecule has 1 amide bonds. The topological polar surface area (TPSA) is 60.9 Å². The summed E-state index contributed by atoms with van der Waals surface area (Å²) in [5.74, 6) is -0.154. The summed E-state index contributed by atoms with van der Waals surface area (Å²) in [7, 11) is -0.629. The standard InChI is InChI=1S/C20H24ClN3O3S/c1-15-7-8-17(21)14-19(15)23-9-11-24(12-10-23)20(25)16-5-4-6-18(13-16)28(26,27)22(2)3/h4-8,13-14H,9-12H2,1-3H3. The quantitative estimate of drug-likeness (QED) is 0.761. The third-order valence-corrected chi connectivity index (χ3v) is 6.98. The van der Waals surface area contributed by atoms with Crippen LogP contribution >= 0.6 is 11.6 Å². The fourth-order valence-corrected chi connectivity index (χ4v) is 4.37. The van der Waals surface area contributed by atoms with Crippen molar-refractivity contribution in [2.75, 3.05) is 45.2 Å². The van der Waals surface area contributed by atoms with E-state index in [1.54, 1.807) is 17.0 Å². The molecule has 1 heterocycles. The number of nitrogens with zero attached hydrogens (tertiary/aromatic N) is 3. The molecule has 0 spiro atoms. The van der Waals surface area contributed by atoms with Crippen LogP contribution in [0.1, 0.15) is 15.9 Å². The predicted octanol–water partition coefficient (Wildman–Crippen LogP) is 2.86. The molecule has 0 unspecified atom stereocenters. The molecule has 0 radical (unpaired) electrons. The molecule has 2 aromatic carbocycles. The van der Waals surface area contributed by atoms with E-state index in [4.69, 9.17) is 11.6 Å². The lowest BCUT2D eigenvalue weighted by Crippen LogP contribution is -2.49. The second-order valence-electron chi connectivity index (χ2n) is 7.03. The van der Waals surface area contributed by atoms with Crippen LogP contribution in [0.4, 0.5) is 5.69 Å². The fraction of sp³-hybridized carbons (Fsp3) is 0.350. The Bertz CT molecular complexity index is 984. The molecule has 6 nitrogen and oxygen atoms in total. The molecule has 1 fully saturated rings. The minimum atomic E-state index is -3.58. The van der Waals surface area contributed by atoms with Gasteiger partial charge in [-0.15, -0.1) is 0 Å². The number of carbonyl (C=O) groups is 1. The van der Waals surface area contributed by atoms with Gasteiger partial charge in [-0.2, -0.15) is 0 Å². The van der Waals surface area contributed by atoms with Gasteiger partial charge in [0.2, 0.25) is 10.0 Å². The highest BCUT2D eigenvalue weighted by Crippen LogP contribution is 2.26. The molecule has 8 heteroatoms. The van der Waals surface area contributed by atoms with E-state index in [9.17, 15) is 13.2 Å². The van der Waals surface area contributed by atoms with Crippen molar-refractivity contribution in [1.82, 2.24) is 9.21 Å². The monoisotopic (exact) mass is 421 g/mol. The van der Waals surface area contributed by atoms with E-state index in [-0.39, 0.29) is 10.8 Å². The molecule has 0 bridgehead atoms. The van der Waals surface area contributed by atoms with Crippen LogP contribution in [0.2, 0.25) is 5.02 Å². The first-order valence-corrected chi connectivity index (χ1v) is 10.8. The van der Waals surface area contributed by atoms with Crippen LogP contribution in [0.3, 0.4) is 0 Å². The number of rotatable bonds is 4. The lowest BCUT2D eigenvalue weighted by Gasteiger charge is -2.37. The van der Waals surface area contributed by atoms with Gasteiger partial charge in [-0.1, -0.05) is 23.7 Å². The summed E-state index contributed by atoms with van der Waals surface area (Å²) in [6.07, 6.45) is 0. The van der Waals surface area contributed by atoms with Crippen LogP contribution in [0.15, 0.2) is 47.4 Å². The highest BCUT2D eigenvalue weighted by molar-refractivity contribution is 7.89. The summed E-state index contributed by atoms with van der Waals surface area (Å²) in [4.78, 5) is 17.0. The van der Waals surface area contributed by atoms with Gasteiger partial charge < -0.3 is 9.80 Å². The lowest BCUT2D eigenvalue weighted by atomic mass is 10.1. The first kappa shape index (κ1) is 20.6. The maximum Gasteiger partial charge on any atom is 0.254 e. The van der Waals surface area contributed by atoms with Crippen LogP contribution < -0.4 is 4.90 Å². The minimum absolute atomic E-state index is 0.122. The highest BCUT2D eigenvalue weighted by Gasteiger charge is 2.25. The molecule has 1 saturated heterocycles. The summed E-state index contributed by atoms with van der Waals surface area (Å²) in [5.41, 5.74) is 2.61. The summed E-state index contributed by atoms with van der Waals surface area (Å²) in [6, 6.07) is 12.0. The molecular weight excluding hydrogens is 398 g/mol. The van der Waals surface area contributed by atoms with Crippen LogP contribution in [0.25, 0.3) is 0 Å². The number of carbonyl (C=O) groups excluding carboxylic acids is 1. The number of aryl methyl sites for hydroxylation is 1. The molecule has 2 aromatic rings. The van der Waals surface area contributed by atoms with Gasteiger partial charge in [-0.3, -0.25) is 4.79 Å². The summed E-state index contributed by atoms with van der Waals surface area (Å²) >= 11 is 6.13. The van der Waals surface area contributed by atoms with Crippen molar-refractivity contribution in [3.05, 3.63) is 58.6 Å². The zero-order chi connectivity index (χ0) is 20.5. The van der Waals surface area contributed by atoms with E-state index in [1.807, 2.05) is 25.1 Å². The van der Waals surface area contributed by atoms with E-state index >= 15 is 0 Å². The van der Waals surface area contributed by atoms with Crippen molar-refractivity contribution >= 4 is 33.2 Å². The molecule has 0 N–H and O–H groups in total. The Hall–Kier alpha value is -2.09. The van der Waals surface area contributed by atoms with Gasteiger partial charge >= 0.3 is 0 Å². The van der Waals surface area contributed by atoms with Crippen LogP contribution in [0.5, 0.6) is 0 Å². The van der Waals surface area contributed by atoms with E-state index in [0.29, 0.717) is 36.8 Å². The number of hydrogen-bond acceptors (Lipinski definition) is 4. The molecule has 1 aliphatic heterocycles. The van der Waals surface area contributed by atoms with Crippen molar-refractivity contribution in [2.45, 2.75) is 11.8 Å². The Balaban J connectivity index is 1.73. The second-order valence-corrected chi connectivity index (χ2v) is 9.61. The first-order chi connectivity index (χ1) is 13.2. The van der Waals surface area contributed by atoms with Crippen molar-refractivity contribution in [1.29, 1.82) is 0 Å². The maximum absolute atomic E-state index is 12.9. The zero-order valence-electron chi connectivity index (χ0n) is 16.2.